The van der Waals surface area contributed by atoms with Crippen molar-refractivity contribution in [1.82, 2.24) is 0 Å². The van der Waals surface area contributed by atoms with Gasteiger partial charge in [0.05, 0.1) is 0 Å². The van der Waals surface area contributed by atoms with Crippen LogP contribution in [-0.2, 0) is 23.9 Å². The van der Waals surface area contributed by atoms with Crippen LogP contribution in [0.4, 0.5) is 0 Å². The molecule has 0 aromatic heterocycles. The van der Waals surface area contributed by atoms with Crippen molar-refractivity contribution in [3.8, 4) is 0 Å². The molecule has 6 heteroatoms. The molecule has 0 unspecified atom stereocenters. The van der Waals surface area contributed by atoms with Gasteiger partial charge in [-0.1, -0.05) is 10.7 Å². The van der Waals surface area contributed by atoms with Gasteiger partial charge in [0, 0.05) is 0 Å². The molecule has 0 bridgehead atoms. The zero-order valence-electron chi connectivity index (χ0n) is 5.29. The number of carbonyl (C=O) groups excluding carboxylic acids is 1. The van der Waals surface area contributed by atoms with Crippen LogP contribution in [0, 0.1) is 0 Å². The molecular formula is C3H6NaO4S-. The summed E-state index contributed by atoms with van der Waals surface area (Å²) in [6.45, 7) is 1.23. The Hall–Kier alpha value is 0.580. The Balaban J connectivity index is -0.000000180. The van der Waals surface area contributed by atoms with Crippen LogP contribution in [0.5, 0.6) is 0 Å². The summed E-state index contributed by atoms with van der Waals surface area (Å²) in [6, 6.07) is 0. The van der Waals surface area contributed by atoms with Gasteiger partial charge < -0.3 is 18.7 Å². The Labute approximate surface area is 77.2 Å². The minimum absolute atomic E-state index is 0. The molecule has 0 aliphatic heterocycles. The number of ketones is 1. The quantitative estimate of drug-likeness (QED) is 0.314. The summed E-state index contributed by atoms with van der Waals surface area (Å²) in [5, 5.41) is 0. The van der Waals surface area contributed by atoms with E-state index in [-0.39, 0.29) is 46.6 Å². The van der Waals surface area contributed by atoms with Crippen molar-refractivity contribution in [2.75, 3.05) is 5.75 Å². The zero-order chi connectivity index (χ0) is 5.86. The van der Waals surface area contributed by atoms with Crippen molar-refractivity contribution in [3.05, 3.63) is 0 Å². The average Bonchev–Trinajstić information content (AvgIpc) is 1.27. The van der Waals surface area contributed by atoms with Gasteiger partial charge in [-0.25, -0.2) is 0 Å². The second-order valence-electron chi connectivity index (χ2n) is 1.15. The summed E-state index contributed by atoms with van der Waals surface area (Å²) in [5.74, 6) is -0.687. The van der Waals surface area contributed by atoms with E-state index in [1.807, 2.05) is 0 Å². The number of hydrogen-bond donors (Lipinski definition) is 0. The summed E-state index contributed by atoms with van der Waals surface area (Å²) in [6.07, 6.45) is 0. The first-order chi connectivity index (χ1) is 3.13. The van der Waals surface area contributed by atoms with Crippen LogP contribution in [0.25, 0.3) is 0 Å². The molecule has 0 aromatic carbocycles. The number of carbonyl (C=O) groups is 1. The van der Waals surface area contributed by atoms with Gasteiger partial charge in [0.25, 0.3) is 0 Å². The van der Waals surface area contributed by atoms with Gasteiger partial charge in [0.2, 0.25) is 0 Å². The smallest absolute Gasteiger partial charge is 0.870 e. The normalized spacial score (nSPS) is 7.33. The monoisotopic (exact) mass is 161 g/mol. The summed E-state index contributed by atoms with van der Waals surface area (Å²) >= 11 is 0. The van der Waals surface area contributed by atoms with E-state index < -0.39 is 10.7 Å². The van der Waals surface area contributed by atoms with Gasteiger partial charge in [0.15, 0.2) is 0 Å². The van der Waals surface area contributed by atoms with E-state index in [1.54, 1.807) is 0 Å². The molecule has 0 heterocycles. The Kier molecular flexibility index (Phi) is 15.5. The molecule has 9 heavy (non-hydrogen) atoms. The number of rotatable bonds is 2. The van der Waals surface area contributed by atoms with Gasteiger partial charge >= 0.3 is 29.6 Å². The van der Waals surface area contributed by atoms with E-state index in [0.717, 1.165) is 0 Å². The predicted molar refractivity (Wildman–Crippen MR) is 26.2 cm³/mol. The third-order valence-corrected chi connectivity index (χ3v) is 0.963. The molecule has 0 rings (SSSR count). The first-order valence-electron chi connectivity index (χ1n) is 1.68. The third kappa shape index (κ3) is 17.7. The van der Waals surface area contributed by atoms with Crippen molar-refractivity contribution in [3.63, 3.8) is 0 Å². The molecule has 0 amide bonds. The van der Waals surface area contributed by atoms with Gasteiger partial charge in [-0.2, -0.15) is 0 Å². The molecule has 4 nitrogen and oxygen atoms in total. The van der Waals surface area contributed by atoms with Gasteiger partial charge in [-0.15, -0.1) is 0 Å². The van der Waals surface area contributed by atoms with Crippen molar-refractivity contribution < 1.29 is 48.2 Å². The standard InChI is InChI=1S/C3H5O3S.Na.H2O/c1-3(4)2-7(5)6;;/h2H2,1H3;;1H2/q-1;+1;/p-1. The fourth-order valence-corrected chi connectivity index (χ4v) is 0.498. The number of hydrogen-bond acceptors (Lipinski definition) is 5. The molecule has 1 N–H and O–H groups in total. The summed E-state index contributed by atoms with van der Waals surface area (Å²) in [4.78, 5) is 9.86. The maximum atomic E-state index is 9.86. The predicted octanol–water partition coefficient (Wildman–Crippen LogP) is -3.29. The Morgan fingerprint density at radius 1 is 1.44 bits per heavy atom. The van der Waals surface area contributed by atoms with Crippen LogP contribution in [0.3, 0.4) is 0 Å². The third-order valence-electron chi connectivity index (χ3n) is 0.321. The largest absolute Gasteiger partial charge is 1.00 e. The molecular weight excluding hydrogens is 155 g/mol. The van der Waals surface area contributed by atoms with Crippen LogP contribution in [0.15, 0.2) is 0 Å². The maximum absolute atomic E-state index is 9.86. The van der Waals surface area contributed by atoms with E-state index in [0.29, 0.717) is 0 Å². The minimum Gasteiger partial charge on any atom is -0.870 e. The molecule has 0 atom stereocenters. The van der Waals surface area contributed by atoms with E-state index in [1.165, 1.54) is 6.92 Å². The molecule has 0 fully saturated rings. The Morgan fingerprint density at radius 2 is 1.78 bits per heavy atom. The van der Waals surface area contributed by atoms with E-state index in [2.05, 4.69) is 0 Å². The van der Waals surface area contributed by atoms with E-state index >= 15 is 0 Å². The molecule has 0 spiro atoms. The van der Waals surface area contributed by atoms with Crippen LogP contribution in [0.1, 0.15) is 6.92 Å². The van der Waals surface area contributed by atoms with Crippen LogP contribution in [-0.4, -0.2) is 17.0 Å². The first-order valence-corrected chi connectivity index (χ1v) is 2.92. The van der Waals surface area contributed by atoms with Gasteiger partial charge in [0.1, 0.15) is 5.78 Å². The summed E-state index contributed by atoms with van der Waals surface area (Å²) in [7, 11) is -2.20. The second-order valence-corrected chi connectivity index (χ2v) is 2.05. The molecule has 0 aliphatic carbocycles. The molecule has 0 radical (unpaired) electrons. The maximum Gasteiger partial charge on any atom is 1.00 e. The average molecular weight is 161 g/mol. The second kappa shape index (κ2) is 8.58. The summed E-state index contributed by atoms with van der Waals surface area (Å²) < 4.78 is 19.2. The van der Waals surface area contributed by atoms with Gasteiger partial charge in [-0.3, -0.25) is 0 Å². The van der Waals surface area contributed by atoms with E-state index in [9.17, 15) is 13.2 Å². The minimum atomic E-state index is -2.20. The zero-order valence-corrected chi connectivity index (χ0v) is 8.10. The molecule has 0 saturated heterocycles. The van der Waals surface area contributed by atoms with Crippen LogP contribution < -0.4 is 29.6 Å². The Bertz CT molecular complexity index is 133. The molecule has 0 saturated carbocycles. The first kappa shape index (κ1) is 16.3. The van der Waals surface area contributed by atoms with Crippen LogP contribution in [0.2, 0.25) is 0 Å². The van der Waals surface area contributed by atoms with Crippen molar-refractivity contribution in [2.45, 2.75) is 6.92 Å². The van der Waals surface area contributed by atoms with Crippen LogP contribution >= 0.6 is 0 Å². The fourth-order valence-electron chi connectivity index (χ4n) is 0.166. The molecule has 0 aliphatic rings. The van der Waals surface area contributed by atoms with Crippen molar-refractivity contribution in [2.24, 2.45) is 0 Å². The molecule has 0 aromatic rings. The summed E-state index contributed by atoms with van der Waals surface area (Å²) in [5.41, 5.74) is 0. The van der Waals surface area contributed by atoms with Gasteiger partial charge in [-0.05, 0) is 12.7 Å². The number of Topliss-reactive ketones (excluding diaryl/α,β-unsaturated/α-hetero) is 1. The SMILES string of the molecule is CC(=O)C[S-](=O)=O.[Na+].[OH-]. The Morgan fingerprint density at radius 3 is 1.78 bits per heavy atom. The molecule has 50 valence electrons. The van der Waals surface area contributed by atoms with Crippen molar-refractivity contribution >= 4 is 16.5 Å². The topological polar surface area (TPSA) is 81.2 Å². The van der Waals surface area contributed by atoms with E-state index in [4.69, 9.17) is 0 Å². The van der Waals surface area contributed by atoms with Crippen molar-refractivity contribution in [1.29, 1.82) is 0 Å². The fraction of sp³-hybridized carbons (Fsp3) is 0.667.